The largest absolute Gasteiger partial charge is 0.481 e. The zero-order valence-electron chi connectivity index (χ0n) is 12.9. The van der Waals surface area contributed by atoms with Crippen LogP contribution in [0.3, 0.4) is 0 Å². The maximum absolute atomic E-state index is 12.4. The number of benzene rings is 1. The molecule has 0 aliphatic heterocycles. The molecule has 4 nitrogen and oxygen atoms in total. The molecule has 118 valence electrons. The van der Waals surface area contributed by atoms with E-state index in [0.717, 1.165) is 19.3 Å². The van der Waals surface area contributed by atoms with Gasteiger partial charge in [-0.2, -0.15) is 0 Å². The van der Waals surface area contributed by atoms with Gasteiger partial charge >= 0.3 is 5.97 Å². The molecule has 1 aromatic carbocycles. The Bertz CT molecular complexity index is 575. The predicted octanol–water partition coefficient (Wildman–Crippen LogP) is 2.86. The van der Waals surface area contributed by atoms with Crippen LogP contribution in [0.15, 0.2) is 24.3 Å². The van der Waals surface area contributed by atoms with E-state index >= 15 is 0 Å². The summed E-state index contributed by atoms with van der Waals surface area (Å²) in [5.41, 5.74) is 2.54. The van der Waals surface area contributed by atoms with E-state index in [-0.39, 0.29) is 23.8 Å². The number of rotatable bonds is 4. The van der Waals surface area contributed by atoms with E-state index in [1.807, 2.05) is 12.1 Å². The molecule has 2 atom stereocenters. The van der Waals surface area contributed by atoms with Gasteiger partial charge in [-0.3, -0.25) is 9.59 Å². The molecule has 0 aromatic heterocycles. The Labute approximate surface area is 130 Å². The molecule has 2 N–H and O–H groups in total. The van der Waals surface area contributed by atoms with E-state index in [0.29, 0.717) is 18.8 Å². The molecule has 2 aliphatic carbocycles. The Hall–Kier alpha value is -1.84. The van der Waals surface area contributed by atoms with Crippen molar-refractivity contribution in [3.05, 3.63) is 35.4 Å². The first-order valence-electron chi connectivity index (χ1n) is 8.15. The molecule has 0 heterocycles. The summed E-state index contributed by atoms with van der Waals surface area (Å²) < 4.78 is 0. The van der Waals surface area contributed by atoms with Crippen molar-refractivity contribution in [1.29, 1.82) is 0 Å². The first-order valence-corrected chi connectivity index (χ1v) is 8.15. The highest BCUT2D eigenvalue weighted by Crippen LogP contribution is 2.48. The molecule has 0 bridgehead atoms. The number of carboxylic acid groups (broad SMARTS) is 1. The van der Waals surface area contributed by atoms with Crippen LogP contribution in [-0.2, 0) is 9.59 Å². The van der Waals surface area contributed by atoms with Crippen LogP contribution in [0.25, 0.3) is 0 Å². The van der Waals surface area contributed by atoms with Crippen LogP contribution < -0.4 is 5.32 Å². The summed E-state index contributed by atoms with van der Waals surface area (Å²) in [6.07, 6.45) is 3.84. The van der Waals surface area contributed by atoms with E-state index in [1.165, 1.54) is 11.1 Å². The number of carbonyl (C=O) groups is 2. The summed E-state index contributed by atoms with van der Waals surface area (Å²) in [5, 5.41) is 12.1. The van der Waals surface area contributed by atoms with Crippen LogP contribution in [0.5, 0.6) is 0 Å². The summed E-state index contributed by atoms with van der Waals surface area (Å²) in [5.74, 6) is -0.331. The number of amides is 1. The smallest absolute Gasteiger partial charge is 0.306 e. The van der Waals surface area contributed by atoms with Crippen molar-refractivity contribution >= 4 is 11.9 Å². The normalized spacial score (nSPS) is 30.6. The molecule has 2 fully saturated rings. The van der Waals surface area contributed by atoms with Gasteiger partial charge in [0, 0.05) is 12.0 Å². The fourth-order valence-electron chi connectivity index (χ4n) is 3.62. The zero-order chi connectivity index (χ0) is 15.7. The molecular weight excluding hydrogens is 278 g/mol. The minimum atomic E-state index is -0.702. The lowest BCUT2D eigenvalue weighted by Crippen LogP contribution is -2.39. The van der Waals surface area contributed by atoms with Crippen molar-refractivity contribution in [1.82, 2.24) is 5.32 Å². The van der Waals surface area contributed by atoms with E-state index in [4.69, 9.17) is 5.11 Å². The van der Waals surface area contributed by atoms with Gasteiger partial charge in [0.05, 0.1) is 5.92 Å². The Kier molecular flexibility index (Phi) is 4.19. The average molecular weight is 301 g/mol. The summed E-state index contributed by atoms with van der Waals surface area (Å²) in [7, 11) is 0. The van der Waals surface area contributed by atoms with Gasteiger partial charge in [0.25, 0.3) is 0 Å². The molecule has 1 aromatic rings. The van der Waals surface area contributed by atoms with Gasteiger partial charge < -0.3 is 10.4 Å². The number of aliphatic carboxylic acids is 1. The van der Waals surface area contributed by atoms with Gasteiger partial charge in [0.15, 0.2) is 0 Å². The van der Waals surface area contributed by atoms with Crippen LogP contribution in [0.2, 0.25) is 0 Å². The lowest BCUT2D eigenvalue weighted by molar-refractivity contribution is -0.142. The molecule has 1 amide bonds. The summed E-state index contributed by atoms with van der Waals surface area (Å²) >= 11 is 0. The molecular formula is C18H23NO3. The topological polar surface area (TPSA) is 66.4 Å². The Morgan fingerprint density at radius 1 is 1.14 bits per heavy atom. The molecule has 0 unspecified atom stereocenters. The lowest BCUT2D eigenvalue weighted by atomic mass is 9.86. The van der Waals surface area contributed by atoms with Crippen molar-refractivity contribution in [3.8, 4) is 0 Å². The molecule has 4 heteroatoms. The molecule has 22 heavy (non-hydrogen) atoms. The number of carbonyl (C=O) groups excluding carboxylic acids is 1. The minimum Gasteiger partial charge on any atom is -0.481 e. The molecule has 3 rings (SSSR count). The fourth-order valence-corrected chi connectivity index (χ4v) is 3.62. The highest BCUT2D eigenvalue weighted by atomic mass is 16.4. The standard InChI is InChI=1S/C18H23NO3/c1-11-4-2-3-5-14(11)15-10-16(15)17(20)19-13-8-6-12(7-9-13)18(21)22/h2-5,12-13,15-16H,6-10H2,1H3,(H,19,20)(H,21,22)/t12?,13?,15-,16+/m0/s1. The number of hydrogen-bond acceptors (Lipinski definition) is 2. The number of aryl methyl sites for hydroxylation is 1. The Morgan fingerprint density at radius 3 is 2.45 bits per heavy atom. The monoisotopic (exact) mass is 301 g/mol. The summed E-state index contributed by atoms with van der Waals surface area (Å²) in [4.78, 5) is 23.3. The van der Waals surface area contributed by atoms with Crippen LogP contribution in [-0.4, -0.2) is 23.0 Å². The van der Waals surface area contributed by atoms with Gasteiger partial charge in [0.2, 0.25) is 5.91 Å². The first kappa shape index (κ1) is 15.1. The Morgan fingerprint density at radius 2 is 1.82 bits per heavy atom. The second-order valence-electron chi connectivity index (χ2n) is 6.70. The molecule has 0 radical (unpaired) electrons. The van der Waals surface area contributed by atoms with Crippen molar-refractivity contribution in [2.24, 2.45) is 11.8 Å². The van der Waals surface area contributed by atoms with E-state index < -0.39 is 5.97 Å². The summed E-state index contributed by atoms with van der Waals surface area (Å²) in [6, 6.07) is 8.42. The van der Waals surface area contributed by atoms with Gasteiger partial charge in [0.1, 0.15) is 0 Å². The van der Waals surface area contributed by atoms with E-state index in [1.54, 1.807) is 0 Å². The van der Waals surface area contributed by atoms with Crippen LogP contribution in [0, 0.1) is 18.8 Å². The van der Waals surface area contributed by atoms with Gasteiger partial charge in [-0.15, -0.1) is 0 Å². The van der Waals surface area contributed by atoms with Gasteiger partial charge in [-0.1, -0.05) is 24.3 Å². The molecule has 0 saturated heterocycles. The van der Waals surface area contributed by atoms with Crippen LogP contribution >= 0.6 is 0 Å². The van der Waals surface area contributed by atoms with Gasteiger partial charge in [-0.25, -0.2) is 0 Å². The number of hydrogen-bond donors (Lipinski definition) is 2. The third-order valence-corrected chi connectivity index (χ3v) is 5.14. The lowest BCUT2D eigenvalue weighted by Gasteiger charge is -2.26. The quantitative estimate of drug-likeness (QED) is 0.898. The third-order valence-electron chi connectivity index (χ3n) is 5.14. The maximum atomic E-state index is 12.4. The SMILES string of the molecule is Cc1ccccc1[C@@H]1C[C@H]1C(=O)NC1CCC(C(=O)O)CC1. The summed E-state index contributed by atoms with van der Waals surface area (Å²) in [6.45, 7) is 2.09. The van der Waals surface area contributed by atoms with Crippen molar-refractivity contribution in [2.75, 3.05) is 0 Å². The predicted molar refractivity (Wildman–Crippen MR) is 83.6 cm³/mol. The van der Waals surface area contributed by atoms with Crippen LogP contribution in [0.1, 0.15) is 49.1 Å². The fraction of sp³-hybridized carbons (Fsp3) is 0.556. The highest BCUT2D eigenvalue weighted by molar-refractivity contribution is 5.83. The number of nitrogens with one attached hydrogen (secondary N) is 1. The molecule has 2 aliphatic rings. The molecule has 0 spiro atoms. The zero-order valence-corrected chi connectivity index (χ0v) is 12.9. The third kappa shape index (κ3) is 3.16. The average Bonchev–Trinajstić information content (AvgIpc) is 3.28. The van der Waals surface area contributed by atoms with Crippen molar-refractivity contribution in [3.63, 3.8) is 0 Å². The second-order valence-corrected chi connectivity index (χ2v) is 6.70. The van der Waals surface area contributed by atoms with E-state index in [2.05, 4.69) is 24.4 Å². The maximum Gasteiger partial charge on any atom is 0.306 e. The van der Waals surface area contributed by atoms with Crippen molar-refractivity contribution < 1.29 is 14.7 Å². The van der Waals surface area contributed by atoms with Crippen molar-refractivity contribution in [2.45, 2.75) is 51.0 Å². The Balaban J connectivity index is 1.50. The first-order chi connectivity index (χ1) is 10.6. The van der Waals surface area contributed by atoms with Crippen LogP contribution in [0.4, 0.5) is 0 Å². The van der Waals surface area contributed by atoms with Gasteiger partial charge in [-0.05, 0) is 56.1 Å². The highest BCUT2D eigenvalue weighted by Gasteiger charge is 2.45. The molecule has 2 saturated carbocycles. The van der Waals surface area contributed by atoms with E-state index in [9.17, 15) is 9.59 Å². The second kappa shape index (κ2) is 6.11. The minimum absolute atomic E-state index is 0.0956. The number of carboxylic acids is 1.